The second kappa shape index (κ2) is 3.64. The molecule has 1 heterocycles. The maximum absolute atomic E-state index is 2.49. The van der Waals surface area contributed by atoms with Crippen molar-refractivity contribution in [2.24, 2.45) is 5.41 Å². The molecule has 0 fully saturated rings. The fourth-order valence-electron chi connectivity index (χ4n) is 2.62. The van der Waals surface area contributed by atoms with Crippen LogP contribution in [0.15, 0.2) is 24.3 Å². The summed E-state index contributed by atoms with van der Waals surface area (Å²) in [6, 6.07) is 9.49. The molecule has 0 amide bonds. The molecule has 1 atom stereocenters. The third-order valence-electron chi connectivity index (χ3n) is 3.48. The Morgan fingerprint density at radius 2 is 1.73 bits per heavy atom. The van der Waals surface area contributed by atoms with Gasteiger partial charge in [0.1, 0.15) is 0 Å². The van der Waals surface area contributed by atoms with Gasteiger partial charge >= 0.3 is 0 Å². The van der Waals surface area contributed by atoms with E-state index in [0.29, 0.717) is 11.5 Å². The topological polar surface area (TPSA) is 3.24 Å². The quantitative estimate of drug-likeness (QED) is 0.626. The first kappa shape index (κ1) is 10.7. The average molecular weight is 203 g/mol. The lowest BCUT2D eigenvalue weighted by Crippen LogP contribution is -2.45. The Kier molecular flexibility index (Phi) is 2.59. The predicted molar refractivity (Wildman–Crippen MR) is 64.9 cm³/mol. The Labute approximate surface area is 93.1 Å². The number of benzene rings is 1. The first-order chi connectivity index (χ1) is 6.98. The van der Waals surface area contributed by atoms with Crippen LogP contribution in [0.25, 0.3) is 0 Å². The molecule has 1 aliphatic rings. The van der Waals surface area contributed by atoms with Crippen molar-refractivity contribution in [3.05, 3.63) is 35.4 Å². The summed E-state index contributed by atoms with van der Waals surface area (Å²) < 4.78 is 0. The number of rotatable bonds is 0. The van der Waals surface area contributed by atoms with E-state index < -0.39 is 0 Å². The van der Waals surface area contributed by atoms with Gasteiger partial charge in [-0.25, -0.2) is 0 Å². The van der Waals surface area contributed by atoms with Crippen LogP contribution in [0.4, 0.5) is 0 Å². The minimum absolute atomic E-state index is 0.363. The summed E-state index contributed by atoms with van der Waals surface area (Å²) in [5.41, 5.74) is 3.40. The maximum atomic E-state index is 2.49. The molecule has 0 radical (unpaired) electrons. The fourth-order valence-corrected chi connectivity index (χ4v) is 2.62. The molecule has 2 rings (SSSR count). The monoisotopic (exact) mass is 203 g/mol. The van der Waals surface area contributed by atoms with Crippen LogP contribution in [-0.2, 0) is 13.0 Å². The largest absolute Gasteiger partial charge is 0.298 e. The van der Waals surface area contributed by atoms with E-state index in [4.69, 9.17) is 0 Å². The predicted octanol–water partition coefficient (Wildman–Crippen LogP) is 3.09. The minimum atomic E-state index is 0.363. The van der Waals surface area contributed by atoms with Gasteiger partial charge in [-0.3, -0.25) is 4.90 Å². The Morgan fingerprint density at radius 1 is 1.13 bits per heavy atom. The zero-order valence-electron chi connectivity index (χ0n) is 10.2. The third-order valence-corrected chi connectivity index (χ3v) is 3.48. The molecule has 0 aromatic heterocycles. The van der Waals surface area contributed by atoms with Crippen molar-refractivity contribution in [2.75, 3.05) is 7.05 Å². The van der Waals surface area contributed by atoms with Crippen molar-refractivity contribution < 1.29 is 0 Å². The van der Waals surface area contributed by atoms with Crippen LogP contribution in [0, 0.1) is 5.41 Å². The number of hydrogen-bond acceptors (Lipinski definition) is 1. The van der Waals surface area contributed by atoms with Gasteiger partial charge in [0.15, 0.2) is 0 Å². The van der Waals surface area contributed by atoms with Gasteiger partial charge in [0.05, 0.1) is 0 Å². The maximum Gasteiger partial charge on any atom is 0.0236 e. The van der Waals surface area contributed by atoms with Gasteiger partial charge < -0.3 is 0 Å². The highest BCUT2D eigenvalue weighted by Crippen LogP contribution is 2.32. The second-order valence-corrected chi connectivity index (χ2v) is 5.77. The van der Waals surface area contributed by atoms with Crippen LogP contribution in [-0.4, -0.2) is 18.0 Å². The zero-order valence-corrected chi connectivity index (χ0v) is 10.2. The number of hydrogen-bond donors (Lipinski definition) is 0. The SMILES string of the molecule is CN1Cc2ccccc2CC1C(C)(C)C. The first-order valence-corrected chi connectivity index (χ1v) is 5.75. The lowest BCUT2D eigenvalue weighted by Gasteiger charge is -2.42. The van der Waals surface area contributed by atoms with Crippen LogP contribution in [0.2, 0.25) is 0 Å². The Hall–Kier alpha value is -0.820. The molecule has 0 spiro atoms. The smallest absolute Gasteiger partial charge is 0.0236 e. The number of fused-ring (bicyclic) bond motifs is 1. The van der Waals surface area contributed by atoms with E-state index in [1.165, 1.54) is 17.5 Å². The normalized spacial score (nSPS) is 22.5. The molecule has 0 bridgehead atoms. The summed E-state index contributed by atoms with van der Waals surface area (Å²) in [5.74, 6) is 0. The van der Waals surface area contributed by atoms with E-state index >= 15 is 0 Å². The van der Waals surface area contributed by atoms with Gasteiger partial charge in [0.2, 0.25) is 0 Å². The molecule has 1 aromatic carbocycles. The first-order valence-electron chi connectivity index (χ1n) is 5.75. The molecule has 1 aromatic rings. The van der Waals surface area contributed by atoms with Crippen molar-refractivity contribution >= 4 is 0 Å². The second-order valence-electron chi connectivity index (χ2n) is 5.77. The molecule has 0 aliphatic carbocycles. The van der Waals surface area contributed by atoms with E-state index in [9.17, 15) is 0 Å². The summed E-state index contributed by atoms with van der Waals surface area (Å²) in [4.78, 5) is 2.49. The van der Waals surface area contributed by atoms with Gasteiger partial charge in [-0.1, -0.05) is 45.0 Å². The number of nitrogens with zero attached hydrogens (tertiary/aromatic N) is 1. The Balaban J connectivity index is 2.30. The highest BCUT2D eigenvalue weighted by Gasteiger charge is 2.32. The molecule has 15 heavy (non-hydrogen) atoms. The molecule has 82 valence electrons. The lowest BCUT2D eigenvalue weighted by atomic mass is 9.79. The van der Waals surface area contributed by atoms with E-state index in [0.717, 1.165) is 6.54 Å². The molecular formula is C14H21N. The summed E-state index contributed by atoms with van der Waals surface area (Å²) in [6.07, 6.45) is 1.19. The van der Waals surface area contributed by atoms with Gasteiger partial charge in [0.25, 0.3) is 0 Å². The van der Waals surface area contributed by atoms with Crippen LogP contribution >= 0.6 is 0 Å². The highest BCUT2D eigenvalue weighted by molar-refractivity contribution is 5.30. The van der Waals surface area contributed by atoms with Crippen molar-refractivity contribution in [2.45, 2.75) is 39.8 Å². The molecule has 0 saturated heterocycles. The summed E-state index contributed by atoms with van der Waals surface area (Å²) in [6.45, 7) is 8.10. The zero-order chi connectivity index (χ0) is 11.1. The van der Waals surface area contributed by atoms with Gasteiger partial charge in [-0.2, -0.15) is 0 Å². The van der Waals surface area contributed by atoms with Crippen molar-refractivity contribution in [3.63, 3.8) is 0 Å². The standard InChI is InChI=1S/C14H21N/c1-14(2,3)13-9-11-7-5-6-8-12(11)10-15(13)4/h5-8,13H,9-10H2,1-4H3. The van der Waals surface area contributed by atoms with E-state index in [-0.39, 0.29) is 0 Å². The lowest BCUT2D eigenvalue weighted by molar-refractivity contribution is 0.108. The average Bonchev–Trinajstić information content (AvgIpc) is 2.15. The minimum Gasteiger partial charge on any atom is -0.298 e. The molecular weight excluding hydrogens is 182 g/mol. The Morgan fingerprint density at radius 3 is 2.33 bits per heavy atom. The van der Waals surface area contributed by atoms with E-state index in [1.807, 2.05) is 0 Å². The highest BCUT2D eigenvalue weighted by atomic mass is 15.1. The van der Waals surface area contributed by atoms with E-state index in [2.05, 4.69) is 57.0 Å². The molecule has 0 N–H and O–H groups in total. The molecule has 1 nitrogen and oxygen atoms in total. The van der Waals surface area contributed by atoms with Crippen molar-refractivity contribution in [3.8, 4) is 0 Å². The summed E-state index contributed by atoms with van der Waals surface area (Å²) >= 11 is 0. The molecule has 1 aliphatic heterocycles. The van der Waals surface area contributed by atoms with Gasteiger partial charge in [0, 0.05) is 12.6 Å². The van der Waals surface area contributed by atoms with Crippen LogP contribution in [0.3, 0.4) is 0 Å². The fraction of sp³-hybridized carbons (Fsp3) is 0.571. The van der Waals surface area contributed by atoms with Crippen LogP contribution in [0.1, 0.15) is 31.9 Å². The summed E-state index contributed by atoms with van der Waals surface area (Å²) in [5, 5.41) is 0. The van der Waals surface area contributed by atoms with Gasteiger partial charge in [-0.15, -0.1) is 0 Å². The Bertz CT molecular complexity index is 349. The van der Waals surface area contributed by atoms with Crippen molar-refractivity contribution in [1.29, 1.82) is 0 Å². The molecule has 1 unspecified atom stereocenters. The molecule has 0 saturated carbocycles. The van der Waals surface area contributed by atoms with Crippen LogP contribution in [0.5, 0.6) is 0 Å². The summed E-state index contributed by atoms with van der Waals surface area (Å²) in [7, 11) is 2.24. The van der Waals surface area contributed by atoms with Gasteiger partial charge in [-0.05, 0) is 30.0 Å². The molecule has 1 heteroatoms. The van der Waals surface area contributed by atoms with E-state index in [1.54, 1.807) is 0 Å². The van der Waals surface area contributed by atoms with Crippen molar-refractivity contribution in [1.82, 2.24) is 4.90 Å². The number of likely N-dealkylation sites (N-methyl/N-ethyl adjacent to an activating group) is 1. The third kappa shape index (κ3) is 2.07. The van der Waals surface area contributed by atoms with Crippen LogP contribution < -0.4 is 0 Å².